The van der Waals surface area contributed by atoms with Crippen molar-refractivity contribution < 1.29 is 34.4 Å². The van der Waals surface area contributed by atoms with Gasteiger partial charge >= 0.3 is 0 Å². The second-order valence-electron chi connectivity index (χ2n) is 5.11. The molecule has 131 valence electrons. The maximum atomic E-state index is 12.8. The Morgan fingerprint density at radius 2 is 1.96 bits per heavy atom. The second-order valence-corrected chi connectivity index (χ2v) is 5.11. The molecule has 6 heteroatoms. The van der Waals surface area contributed by atoms with Crippen molar-refractivity contribution in [2.45, 2.75) is 13.8 Å². The molecule has 1 aromatic carbocycles. The first kappa shape index (κ1) is 22.0. The van der Waals surface area contributed by atoms with E-state index in [1.165, 1.54) is 32.1 Å². The van der Waals surface area contributed by atoms with E-state index in [0.717, 1.165) is 16.9 Å². The minimum atomic E-state index is -0.285. The fourth-order valence-electron chi connectivity index (χ4n) is 1.70. The zero-order chi connectivity index (χ0) is 17.4. The predicted molar refractivity (Wildman–Crippen MR) is 89.9 cm³/mol. The van der Waals surface area contributed by atoms with Gasteiger partial charge in [0.1, 0.15) is 0 Å². The Kier molecular flexibility index (Phi) is 9.77. The molecule has 0 aliphatic carbocycles. The van der Waals surface area contributed by atoms with Crippen LogP contribution in [-0.4, -0.2) is 30.0 Å². The molecule has 1 radical (unpaired) electrons. The van der Waals surface area contributed by atoms with Crippen LogP contribution in [0.1, 0.15) is 13.8 Å². The van der Waals surface area contributed by atoms with Crippen LogP contribution in [0, 0.1) is 11.9 Å². The van der Waals surface area contributed by atoms with Crippen LogP contribution in [0.3, 0.4) is 0 Å². The molecule has 2 rings (SSSR count). The SMILES string of the molecule is CC(=O)/C=C(/C)O.CN(C)c1ccnc(-c2[c-]cc(F)cc2)c1.[Ir]. The molecule has 1 heterocycles. The number of benzene rings is 1. The molecule has 0 bridgehead atoms. The number of rotatable bonds is 3. The van der Waals surface area contributed by atoms with Gasteiger partial charge in [-0.3, -0.25) is 9.18 Å². The quantitative estimate of drug-likeness (QED) is 0.390. The van der Waals surface area contributed by atoms with E-state index in [0.29, 0.717) is 0 Å². The molecular formula is C18H20FIrN2O2-. The molecular weight excluding hydrogens is 487 g/mol. The Bertz CT molecular complexity index is 682. The molecule has 0 fully saturated rings. The van der Waals surface area contributed by atoms with Crippen molar-refractivity contribution in [3.8, 4) is 11.3 Å². The van der Waals surface area contributed by atoms with E-state index in [-0.39, 0.29) is 37.5 Å². The Balaban J connectivity index is 0.000000570. The summed E-state index contributed by atoms with van der Waals surface area (Å²) in [6.07, 6.45) is 2.90. The third-order valence-electron chi connectivity index (χ3n) is 2.72. The summed E-state index contributed by atoms with van der Waals surface area (Å²) in [5.74, 6) is -0.347. The Hall–Kier alpha value is -2.04. The molecule has 1 aromatic heterocycles. The maximum Gasteiger partial charge on any atom is 0.155 e. The minimum Gasteiger partial charge on any atom is -0.512 e. The van der Waals surface area contributed by atoms with Crippen molar-refractivity contribution in [2.24, 2.45) is 0 Å². The summed E-state index contributed by atoms with van der Waals surface area (Å²) in [5, 5.41) is 8.36. The van der Waals surface area contributed by atoms with Gasteiger partial charge in [-0.05, 0) is 25.6 Å². The third-order valence-corrected chi connectivity index (χ3v) is 2.72. The standard InChI is InChI=1S/C13H12FN2.C5H8O2.Ir/c1-16(2)12-7-8-15-13(9-12)10-3-5-11(14)6-4-10;1-4(6)3-5(2)7;/h3,5-9H,1-2H3;3,6H,1-2H3;/q-1;;/b;4-3-;. The molecule has 0 saturated heterocycles. The molecule has 0 unspecified atom stereocenters. The van der Waals surface area contributed by atoms with E-state index in [2.05, 4.69) is 11.1 Å². The number of hydrogen-bond donors (Lipinski definition) is 1. The number of anilines is 1. The average Bonchev–Trinajstić information content (AvgIpc) is 2.47. The zero-order valence-corrected chi connectivity index (χ0v) is 16.4. The number of allylic oxidation sites excluding steroid dienone is 2. The summed E-state index contributed by atoms with van der Waals surface area (Å²) in [6, 6.07) is 11.1. The van der Waals surface area contributed by atoms with E-state index >= 15 is 0 Å². The van der Waals surface area contributed by atoms with Gasteiger partial charge < -0.3 is 15.0 Å². The second kappa shape index (κ2) is 10.7. The molecule has 0 spiro atoms. The molecule has 1 N–H and O–H groups in total. The van der Waals surface area contributed by atoms with Crippen LogP contribution in [0.2, 0.25) is 0 Å². The number of pyridine rings is 1. The molecule has 0 saturated carbocycles. The smallest absolute Gasteiger partial charge is 0.155 e. The van der Waals surface area contributed by atoms with Gasteiger partial charge in [-0.15, -0.1) is 29.8 Å². The summed E-state index contributed by atoms with van der Waals surface area (Å²) in [4.78, 5) is 16.3. The van der Waals surface area contributed by atoms with Gasteiger partial charge in [0, 0.05) is 58.0 Å². The first-order valence-electron chi connectivity index (χ1n) is 6.98. The van der Waals surface area contributed by atoms with Crippen LogP contribution in [0.15, 0.2) is 48.4 Å². The maximum absolute atomic E-state index is 12.8. The summed E-state index contributed by atoms with van der Waals surface area (Å²) in [6.45, 7) is 2.85. The van der Waals surface area contributed by atoms with Gasteiger partial charge in [-0.2, -0.15) is 0 Å². The Morgan fingerprint density at radius 1 is 1.29 bits per heavy atom. The van der Waals surface area contributed by atoms with Gasteiger partial charge in [-0.25, -0.2) is 0 Å². The van der Waals surface area contributed by atoms with E-state index < -0.39 is 0 Å². The summed E-state index contributed by atoms with van der Waals surface area (Å²) in [7, 11) is 3.93. The number of ketones is 1. The van der Waals surface area contributed by atoms with Crippen molar-refractivity contribution in [2.75, 3.05) is 19.0 Å². The topological polar surface area (TPSA) is 53.4 Å². The fourth-order valence-corrected chi connectivity index (χ4v) is 1.70. The van der Waals surface area contributed by atoms with E-state index in [1.807, 2.05) is 31.1 Å². The average molecular weight is 508 g/mol. The zero-order valence-electron chi connectivity index (χ0n) is 14.0. The first-order valence-corrected chi connectivity index (χ1v) is 6.98. The molecule has 0 aliphatic heterocycles. The van der Waals surface area contributed by atoms with Gasteiger partial charge in [-0.1, -0.05) is 6.07 Å². The van der Waals surface area contributed by atoms with Crippen LogP contribution >= 0.6 is 0 Å². The normalized spacial score (nSPS) is 10.1. The molecule has 0 amide bonds. The van der Waals surface area contributed by atoms with E-state index in [1.54, 1.807) is 12.3 Å². The van der Waals surface area contributed by atoms with Crippen molar-refractivity contribution in [3.63, 3.8) is 0 Å². The van der Waals surface area contributed by atoms with Crippen LogP contribution in [0.25, 0.3) is 11.3 Å². The van der Waals surface area contributed by atoms with Crippen LogP contribution in [-0.2, 0) is 24.9 Å². The fraction of sp³-hybridized carbons (Fsp3) is 0.222. The van der Waals surface area contributed by atoms with E-state index in [9.17, 15) is 9.18 Å². The summed E-state index contributed by atoms with van der Waals surface area (Å²) >= 11 is 0. The van der Waals surface area contributed by atoms with Crippen LogP contribution in [0.5, 0.6) is 0 Å². The van der Waals surface area contributed by atoms with Crippen molar-refractivity contribution in [1.29, 1.82) is 0 Å². The Morgan fingerprint density at radius 3 is 2.38 bits per heavy atom. The number of carbonyl (C=O) groups excluding carboxylic acids is 1. The van der Waals surface area contributed by atoms with Crippen LogP contribution in [0.4, 0.5) is 10.1 Å². The first-order chi connectivity index (χ1) is 10.8. The largest absolute Gasteiger partial charge is 0.512 e. The van der Waals surface area contributed by atoms with Crippen LogP contribution < -0.4 is 4.90 Å². The summed E-state index contributed by atoms with van der Waals surface area (Å²) < 4.78 is 12.8. The predicted octanol–water partition coefficient (Wildman–Crippen LogP) is 3.79. The molecule has 24 heavy (non-hydrogen) atoms. The van der Waals surface area contributed by atoms with Crippen molar-refractivity contribution in [1.82, 2.24) is 4.98 Å². The Labute approximate surface area is 155 Å². The molecule has 0 atom stereocenters. The van der Waals surface area contributed by atoms with E-state index in [4.69, 9.17) is 5.11 Å². The third kappa shape index (κ3) is 7.99. The molecule has 0 aliphatic rings. The van der Waals surface area contributed by atoms with Gasteiger partial charge in [0.25, 0.3) is 0 Å². The number of hydrogen-bond acceptors (Lipinski definition) is 4. The number of aliphatic hydroxyl groups is 1. The molecule has 2 aromatic rings. The van der Waals surface area contributed by atoms with Gasteiger partial charge in [0.15, 0.2) is 5.78 Å². The number of aromatic nitrogens is 1. The van der Waals surface area contributed by atoms with Crippen molar-refractivity contribution in [3.05, 3.63) is 60.2 Å². The van der Waals surface area contributed by atoms with Gasteiger partial charge in [0.05, 0.1) is 5.76 Å². The monoisotopic (exact) mass is 508 g/mol. The number of halogens is 1. The summed E-state index contributed by atoms with van der Waals surface area (Å²) in [5.41, 5.74) is 2.65. The number of carbonyl (C=O) groups is 1. The molecule has 4 nitrogen and oxygen atoms in total. The number of aliphatic hydroxyl groups excluding tert-OH is 1. The van der Waals surface area contributed by atoms with Gasteiger partial charge in [0.2, 0.25) is 0 Å². The number of nitrogens with zero attached hydrogens (tertiary/aromatic N) is 2. The minimum absolute atomic E-state index is 0. The van der Waals surface area contributed by atoms with Crippen molar-refractivity contribution >= 4 is 11.5 Å².